The molecule has 3 nitrogen and oxygen atoms in total. The fourth-order valence-electron chi connectivity index (χ4n) is 6.12. The Bertz CT molecular complexity index is 680. The summed E-state index contributed by atoms with van der Waals surface area (Å²) in [5, 5.41) is 10.0. The molecular weight excluding hydrogens is 298 g/mol. The zero-order valence-electron chi connectivity index (χ0n) is 14.3. The van der Waals surface area contributed by atoms with E-state index in [4.69, 9.17) is 0 Å². The second kappa shape index (κ2) is 5.32. The van der Waals surface area contributed by atoms with Crippen molar-refractivity contribution in [2.24, 2.45) is 11.8 Å². The van der Waals surface area contributed by atoms with Crippen molar-refractivity contribution in [3.63, 3.8) is 0 Å². The van der Waals surface area contributed by atoms with Crippen LogP contribution in [0.2, 0.25) is 0 Å². The Hall–Kier alpha value is -1.35. The number of phenolic OH excluding ortho intramolecular Hbond substituents is 1. The summed E-state index contributed by atoms with van der Waals surface area (Å²) < 4.78 is 0. The number of nitrogens with zero attached hydrogens (tertiary/aromatic N) is 1. The fourth-order valence-corrected chi connectivity index (χ4v) is 6.12. The molecule has 1 aliphatic heterocycles. The summed E-state index contributed by atoms with van der Waals surface area (Å²) in [5.74, 6) is 1.92. The number of hydrogen-bond donors (Lipinski definition) is 1. The third-order valence-electron chi connectivity index (χ3n) is 7.51. The van der Waals surface area contributed by atoms with Crippen molar-refractivity contribution in [2.45, 2.75) is 62.8 Å². The molecule has 0 aromatic heterocycles. The van der Waals surface area contributed by atoms with Gasteiger partial charge < -0.3 is 5.11 Å². The Labute approximate surface area is 144 Å². The summed E-state index contributed by atoms with van der Waals surface area (Å²) in [6.07, 6.45) is 10.1. The van der Waals surface area contributed by atoms with Crippen LogP contribution in [0.4, 0.5) is 0 Å². The van der Waals surface area contributed by atoms with Crippen molar-refractivity contribution in [1.29, 1.82) is 0 Å². The van der Waals surface area contributed by atoms with Crippen molar-refractivity contribution in [1.82, 2.24) is 4.90 Å². The molecule has 1 N–H and O–H groups in total. The molecule has 0 unspecified atom stereocenters. The van der Waals surface area contributed by atoms with Gasteiger partial charge in [0.2, 0.25) is 0 Å². The highest BCUT2D eigenvalue weighted by Crippen LogP contribution is 2.56. The minimum Gasteiger partial charge on any atom is -0.508 e. The Kier molecular flexibility index (Phi) is 3.31. The van der Waals surface area contributed by atoms with Gasteiger partial charge in [0.15, 0.2) is 5.78 Å². The van der Waals surface area contributed by atoms with Gasteiger partial charge in [-0.3, -0.25) is 9.69 Å². The van der Waals surface area contributed by atoms with Crippen LogP contribution in [0.3, 0.4) is 0 Å². The lowest BCUT2D eigenvalue weighted by Gasteiger charge is -2.58. The number of fused-ring (bicyclic) bond motifs is 1. The van der Waals surface area contributed by atoms with E-state index < -0.39 is 0 Å². The molecule has 3 aliphatic carbocycles. The van der Waals surface area contributed by atoms with Gasteiger partial charge in [0.05, 0.1) is 6.04 Å². The van der Waals surface area contributed by atoms with Crippen LogP contribution in [0.15, 0.2) is 18.2 Å². The lowest BCUT2D eigenvalue weighted by Crippen LogP contribution is -2.64. The number of likely N-dealkylation sites (tertiary alicyclic amines) is 1. The number of rotatable bonds is 2. The van der Waals surface area contributed by atoms with Gasteiger partial charge in [-0.05, 0) is 74.2 Å². The Morgan fingerprint density at radius 3 is 2.79 bits per heavy atom. The number of phenols is 1. The first-order valence-corrected chi connectivity index (χ1v) is 9.81. The van der Waals surface area contributed by atoms with Crippen molar-refractivity contribution in [2.75, 3.05) is 13.1 Å². The molecule has 1 heterocycles. The quantitative estimate of drug-likeness (QED) is 0.897. The van der Waals surface area contributed by atoms with Gasteiger partial charge in [-0.15, -0.1) is 0 Å². The number of piperidine rings is 1. The molecule has 4 aliphatic rings. The first kappa shape index (κ1) is 14.9. The molecule has 2 saturated carbocycles. The average molecular weight is 325 g/mol. The van der Waals surface area contributed by atoms with E-state index in [1.807, 2.05) is 12.1 Å². The normalized spacial score (nSPS) is 35.9. The molecule has 1 aromatic rings. The van der Waals surface area contributed by atoms with Gasteiger partial charge in [0.25, 0.3) is 0 Å². The molecule has 128 valence electrons. The summed E-state index contributed by atoms with van der Waals surface area (Å²) in [4.78, 5) is 15.9. The lowest BCUT2D eigenvalue weighted by atomic mass is 9.52. The van der Waals surface area contributed by atoms with Crippen LogP contribution in [0.25, 0.3) is 0 Å². The summed E-state index contributed by atoms with van der Waals surface area (Å²) in [5.41, 5.74) is 2.20. The predicted molar refractivity (Wildman–Crippen MR) is 93.4 cm³/mol. The van der Waals surface area contributed by atoms with E-state index in [1.165, 1.54) is 44.9 Å². The number of Topliss-reactive ketones (excluding diaryl/α,β-unsaturated/α-hetero) is 1. The SMILES string of the molecule is O=C1c2ccc(O)cc2[C@]23CCCC[C@H]2[C@H]1N(CC1CCC1)CC3. The average Bonchev–Trinajstić information content (AvgIpc) is 2.56. The summed E-state index contributed by atoms with van der Waals surface area (Å²) in [7, 11) is 0. The number of carbonyl (C=O) groups is 1. The van der Waals surface area contributed by atoms with E-state index in [2.05, 4.69) is 4.90 Å². The van der Waals surface area contributed by atoms with Crippen molar-refractivity contribution in [3.05, 3.63) is 29.3 Å². The molecule has 0 spiro atoms. The predicted octanol–water partition coefficient (Wildman–Crippen LogP) is 3.89. The lowest BCUT2D eigenvalue weighted by molar-refractivity contribution is -0.0135. The molecule has 1 aromatic carbocycles. The zero-order valence-corrected chi connectivity index (χ0v) is 14.3. The van der Waals surface area contributed by atoms with Crippen LogP contribution >= 0.6 is 0 Å². The van der Waals surface area contributed by atoms with Crippen LogP contribution < -0.4 is 0 Å². The van der Waals surface area contributed by atoms with Gasteiger partial charge >= 0.3 is 0 Å². The van der Waals surface area contributed by atoms with Gasteiger partial charge in [-0.2, -0.15) is 0 Å². The van der Waals surface area contributed by atoms with Gasteiger partial charge in [0.1, 0.15) is 5.75 Å². The Balaban J connectivity index is 1.60. The van der Waals surface area contributed by atoms with Crippen molar-refractivity contribution >= 4 is 5.78 Å². The van der Waals surface area contributed by atoms with Gasteiger partial charge in [-0.25, -0.2) is 0 Å². The molecule has 3 atom stereocenters. The largest absolute Gasteiger partial charge is 0.508 e. The molecule has 5 rings (SSSR count). The van der Waals surface area contributed by atoms with Crippen molar-refractivity contribution in [3.8, 4) is 5.75 Å². The van der Waals surface area contributed by atoms with E-state index in [0.29, 0.717) is 17.5 Å². The van der Waals surface area contributed by atoms with Crippen LogP contribution in [-0.4, -0.2) is 34.9 Å². The number of ketones is 1. The monoisotopic (exact) mass is 325 g/mol. The second-order valence-electron chi connectivity index (χ2n) is 8.59. The van der Waals surface area contributed by atoms with Gasteiger partial charge in [-0.1, -0.05) is 19.3 Å². The minimum atomic E-state index is 0.0942. The highest BCUT2D eigenvalue weighted by Gasteiger charge is 2.57. The molecule has 2 bridgehead atoms. The molecule has 3 heteroatoms. The third kappa shape index (κ3) is 1.97. The molecule has 24 heavy (non-hydrogen) atoms. The smallest absolute Gasteiger partial charge is 0.180 e. The standard InChI is InChI=1S/C21H27NO2/c23-15-7-8-16-18(12-15)21-9-2-1-6-17(21)19(20(16)24)22(11-10-21)13-14-4-3-5-14/h7-8,12,14,17,19,23H,1-6,9-11,13H2/t17-,19+,21-/m0/s1. The summed E-state index contributed by atoms with van der Waals surface area (Å²) >= 11 is 0. The topological polar surface area (TPSA) is 40.5 Å². The van der Waals surface area contributed by atoms with E-state index in [-0.39, 0.29) is 11.5 Å². The second-order valence-corrected chi connectivity index (χ2v) is 8.59. The number of benzene rings is 1. The molecule has 1 saturated heterocycles. The maximum absolute atomic E-state index is 13.4. The van der Waals surface area contributed by atoms with E-state index >= 15 is 0 Å². The minimum absolute atomic E-state index is 0.0942. The highest BCUT2D eigenvalue weighted by molar-refractivity contribution is 6.04. The van der Waals surface area contributed by atoms with Crippen LogP contribution in [-0.2, 0) is 5.41 Å². The maximum atomic E-state index is 13.4. The van der Waals surface area contributed by atoms with Crippen LogP contribution in [0.5, 0.6) is 5.75 Å². The molecule has 0 amide bonds. The first-order valence-electron chi connectivity index (χ1n) is 9.81. The Morgan fingerprint density at radius 1 is 1.12 bits per heavy atom. The van der Waals surface area contributed by atoms with Gasteiger partial charge in [0, 0.05) is 17.5 Å². The number of hydrogen-bond acceptors (Lipinski definition) is 3. The van der Waals surface area contributed by atoms with E-state index in [9.17, 15) is 9.90 Å². The summed E-state index contributed by atoms with van der Waals surface area (Å²) in [6, 6.07) is 5.59. The zero-order chi connectivity index (χ0) is 16.3. The molecule has 3 fully saturated rings. The van der Waals surface area contributed by atoms with E-state index in [1.54, 1.807) is 6.07 Å². The van der Waals surface area contributed by atoms with Crippen molar-refractivity contribution < 1.29 is 9.90 Å². The third-order valence-corrected chi connectivity index (χ3v) is 7.51. The summed E-state index contributed by atoms with van der Waals surface area (Å²) in [6.45, 7) is 2.18. The first-order chi connectivity index (χ1) is 11.7. The van der Waals surface area contributed by atoms with Crippen LogP contribution in [0, 0.1) is 11.8 Å². The van der Waals surface area contributed by atoms with E-state index in [0.717, 1.165) is 36.6 Å². The molecule has 0 radical (unpaired) electrons. The highest BCUT2D eigenvalue weighted by atomic mass is 16.3. The maximum Gasteiger partial charge on any atom is 0.180 e. The molecular formula is C21H27NO2. The number of carbonyl (C=O) groups excluding carboxylic acids is 1. The Morgan fingerprint density at radius 2 is 2.00 bits per heavy atom. The van der Waals surface area contributed by atoms with Crippen LogP contribution in [0.1, 0.15) is 67.3 Å². The number of aromatic hydroxyl groups is 1. The fraction of sp³-hybridized carbons (Fsp3) is 0.667.